The van der Waals surface area contributed by atoms with E-state index in [4.69, 9.17) is 9.47 Å². The Hall–Kier alpha value is -1.42. The van der Waals surface area contributed by atoms with E-state index in [9.17, 15) is 4.79 Å². The zero-order valence-corrected chi connectivity index (χ0v) is 10.2. The molecule has 0 aliphatic rings. The number of methoxy groups -OCH3 is 1. The smallest absolute Gasteiger partial charge is 0.211 e. The van der Waals surface area contributed by atoms with E-state index in [-0.39, 0.29) is 5.12 Å². The Kier molecular flexibility index (Phi) is 4.92. The zero-order chi connectivity index (χ0) is 12.0. The topological polar surface area (TPSA) is 35.5 Å². The second-order valence-corrected chi connectivity index (χ2v) is 3.56. The highest BCUT2D eigenvalue weighted by molar-refractivity contribution is 7.97. The predicted octanol–water partition coefficient (Wildman–Crippen LogP) is 2.48. The van der Waals surface area contributed by atoms with Crippen molar-refractivity contribution in [1.29, 1.82) is 0 Å². The lowest BCUT2D eigenvalue weighted by atomic mass is 10.3. The lowest BCUT2D eigenvalue weighted by Crippen LogP contribution is -1.98. The Balaban J connectivity index is 2.61. The fourth-order valence-corrected chi connectivity index (χ4v) is 1.17. The highest BCUT2D eigenvalue weighted by Gasteiger charge is 2.01. The molecule has 0 saturated heterocycles. The van der Waals surface area contributed by atoms with E-state index in [1.54, 1.807) is 20.1 Å². The first-order valence-electron chi connectivity index (χ1n) is 4.81. The molecule has 0 N–H and O–H groups in total. The Morgan fingerprint density at radius 1 is 1.38 bits per heavy atom. The largest absolute Gasteiger partial charge is 0.493 e. The molecule has 0 unspecified atom stereocenters. The number of carbonyl (C=O) groups is 1. The summed E-state index contributed by atoms with van der Waals surface area (Å²) >= 11 is 3.70. The van der Waals surface area contributed by atoms with Crippen LogP contribution >= 0.6 is 12.6 Å². The Morgan fingerprint density at radius 2 is 2.00 bits per heavy atom. The average molecular weight is 238 g/mol. The third-order valence-corrected chi connectivity index (χ3v) is 2.39. The molecular formula is C12H14O3S. The molecule has 0 saturated carbocycles. The number of hydrogen-bond donors (Lipinski definition) is 1. The van der Waals surface area contributed by atoms with Crippen LogP contribution in [0.1, 0.15) is 6.92 Å². The van der Waals surface area contributed by atoms with E-state index >= 15 is 0 Å². The standard InChI is InChI=1S/C12H14O3S/c1-9(12(13)16)7-8-15-11-6-4-3-5-10(11)14-2/h3-7H,8H2,1-2H3,(H,13,16)/b9-7+. The van der Waals surface area contributed by atoms with Crippen molar-refractivity contribution < 1.29 is 14.3 Å². The van der Waals surface area contributed by atoms with Crippen molar-refractivity contribution >= 4 is 17.7 Å². The van der Waals surface area contributed by atoms with E-state index in [1.165, 1.54) is 0 Å². The minimum Gasteiger partial charge on any atom is -0.493 e. The van der Waals surface area contributed by atoms with Gasteiger partial charge in [-0.15, -0.1) is 12.6 Å². The van der Waals surface area contributed by atoms with Gasteiger partial charge in [0.05, 0.1) is 7.11 Å². The molecule has 0 aliphatic carbocycles. The van der Waals surface area contributed by atoms with E-state index in [1.807, 2.05) is 24.3 Å². The number of hydrogen-bond acceptors (Lipinski definition) is 3. The van der Waals surface area contributed by atoms with E-state index in [0.717, 1.165) is 0 Å². The van der Waals surface area contributed by atoms with Crippen molar-refractivity contribution in [2.45, 2.75) is 6.92 Å². The molecule has 0 heterocycles. The van der Waals surface area contributed by atoms with Gasteiger partial charge in [-0.2, -0.15) is 0 Å². The van der Waals surface area contributed by atoms with Crippen molar-refractivity contribution in [3.8, 4) is 11.5 Å². The molecular weight excluding hydrogens is 224 g/mol. The summed E-state index contributed by atoms with van der Waals surface area (Å²) in [6.45, 7) is 2.01. The van der Waals surface area contributed by atoms with Gasteiger partial charge in [0, 0.05) is 5.57 Å². The van der Waals surface area contributed by atoms with Crippen LogP contribution in [-0.2, 0) is 4.79 Å². The molecule has 0 bridgehead atoms. The quantitative estimate of drug-likeness (QED) is 0.632. The first kappa shape index (κ1) is 12.6. The fraction of sp³-hybridized carbons (Fsp3) is 0.250. The molecule has 0 aromatic heterocycles. The van der Waals surface area contributed by atoms with Crippen molar-refractivity contribution in [2.24, 2.45) is 0 Å². The number of benzene rings is 1. The van der Waals surface area contributed by atoms with Gasteiger partial charge < -0.3 is 9.47 Å². The van der Waals surface area contributed by atoms with Crippen LogP contribution in [0.4, 0.5) is 0 Å². The van der Waals surface area contributed by atoms with Gasteiger partial charge >= 0.3 is 0 Å². The second-order valence-electron chi connectivity index (χ2n) is 3.15. The van der Waals surface area contributed by atoms with Crippen LogP contribution in [0.25, 0.3) is 0 Å². The van der Waals surface area contributed by atoms with Crippen LogP contribution in [-0.4, -0.2) is 18.8 Å². The van der Waals surface area contributed by atoms with Gasteiger partial charge in [0.1, 0.15) is 6.61 Å². The third-order valence-electron chi connectivity index (χ3n) is 2.03. The van der Waals surface area contributed by atoms with Crippen LogP contribution < -0.4 is 9.47 Å². The monoisotopic (exact) mass is 238 g/mol. The first-order valence-corrected chi connectivity index (χ1v) is 5.25. The number of rotatable bonds is 5. The van der Waals surface area contributed by atoms with Gasteiger partial charge in [-0.05, 0) is 25.1 Å². The second kappa shape index (κ2) is 6.23. The summed E-state index contributed by atoms with van der Waals surface area (Å²) in [6, 6.07) is 7.35. The van der Waals surface area contributed by atoms with Gasteiger partial charge in [-0.3, -0.25) is 4.79 Å². The molecule has 0 amide bonds. The minimum absolute atomic E-state index is 0.247. The lowest BCUT2D eigenvalue weighted by molar-refractivity contribution is -0.107. The zero-order valence-electron chi connectivity index (χ0n) is 9.27. The lowest BCUT2D eigenvalue weighted by Gasteiger charge is -2.08. The van der Waals surface area contributed by atoms with E-state index in [2.05, 4.69) is 12.6 Å². The molecule has 3 nitrogen and oxygen atoms in total. The summed E-state index contributed by atoms with van der Waals surface area (Å²) in [7, 11) is 1.58. The van der Waals surface area contributed by atoms with Crippen molar-refractivity contribution in [2.75, 3.05) is 13.7 Å². The van der Waals surface area contributed by atoms with Gasteiger partial charge in [0.15, 0.2) is 11.5 Å². The maximum atomic E-state index is 10.8. The number of thiol groups is 1. The molecule has 1 rings (SSSR count). The van der Waals surface area contributed by atoms with Gasteiger partial charge in [0.2, 0.25) is 5.12 Å². The van der Waals surface area contributed by atoms with Crippen molar-refractivity contribution in [3.63, 3.8) is 0 Å². The molecule has 0 spiro atoms. The highest BCUT2D eigenvalue weighted by Crippen LogP contribution is 2.25. The number of carbonyl (C=O) groups excluding carboxylic acids is 1. The van der Waals surface area contributed by atoms with E-state index in [0.29, 0.717) is 23.7 Å². The Labute approximate surface area is 100 Å². The molecule has 86 valence electrons. The summed E-state index contributed by atoms with van der Waals surface area (Å²) in [6.07, 6.45) is 1.68. The molecule has 4 heteroatoms. The van der Waals surface area contributed by atoms with Crippen LogP contribution in [0.2, 0.25) is 0 Å². The molecule has 0 fully saturated rings. The van der Waals surface area contributed by atoms with Crippen LogP contribution in [0.5, 0.6) is 11.5 Å². The van der Waals surface area contributed by atoms with Crippen LogP contribution in [0.3, 0.4) is 0 Å². The summed E-state index contributed by atoms with van der Waals surface area (Å²) in [5, 5.41) is -0.247. The Morgan fingerprint density at radius 3 is 2.56 bits per heavy atom. The molecule has 0 atom stereocenters. The number of ether oxygens (including phenoxy) is 2. The normalized spacial score (nSPS) is 11.1. The predicted molar refractivity (Wildman–Crippen MR) is 66.2 cm³/mol. The minimum atomic E-state index is -0.247. The third kappa shape index (κ3) is 3.62. The summed E-state index contributed by atoms with van der Waals surface area (Å²) in [5.74, 6) is 1.33. The fourth-order valence-electron chi connectivity index (χ4n) is 1.08. The van der Waals surface area contributed by atoms with Crippen molar-refractivity contribution in [1.82, 2.24) is 0 Å². The van der Waals surface area contributed by atoms with Crippen LogP contribution in [0, 0.1) is 0 Å². The number of para-hydroxylation sites is 2. The van der Waals surface area contributed by atoms with Gasteiger partial charge in [0.25, 0.3) is 0 Å². The summed E-state index contributed by atoms with van der Waals surface area (Å²) < 4.78 is 10.6. The molecule has 1 aromatic rings. The SMILES string of the molecule is COc1ccccc1OC/C=C(\C)C(=O)S. The molecule has 16 heavy (non-hydrogen) atoms. The maximum Gasteiger partial charge on any atom is 0.211 e. The molecule has 0 aliphatic heterocycles. The van der Waals surface area contributed by atoms with Gasteiger partial charge in [-0.25, -0.2) is 0 Å². The summed E-state index contributed by atoms with van der Waals surface area (Å²) in [5.41, 5.74) is 0.568. The average Bonchev–Trinajstić information content (AvgIpc) is 2.29. The van der Waals surface area contributed by atoms with Gasteiger partial charge in [-0.1, -0.05) is 12.1 Å². The first-order chi connectivity index (χ1) is 7.65. The maximum absolute atomic E-state index is 10.8. The highest BCUT2D eigenvalue weighted by atomic mass is 32.1. The van der Waals surface area contributed by atoms with E-state index < -0.39 is 0 Å². The molecule has 1 aromatic carbocycles. The van der Waals surface area contributed by atoms with Crippen LogP contribution in [0.15, 0.2) is 35.9 Å². The van der Waals surface area contributed by atoms with Crippen molar-refractivity contribution in [3.05, 3.63) is 35.9 Å². The molecule has 0 radical (unpaired) electrons. The Bertz CT molecular complexity index is 399. The summed E-state index contributed by atoms with van der Waals surface area (Å²) in [4.78, 5) is 10.8.